The molecule has 0 saturated heterocycles. The molecule has 0 amide bonds. The maximum absolute atomic E-state index is 5.74. The van der Waals surface area contributed by atoms with Gasteiger partial charge in [0, 0.05) is 18.8 Å². The van der Waals surface area contributed by atoms with Crippen LogP contribution in [0.15, 0.2) is 12.3 Å². The number of nitrogens with two attached hydrogens (primary N) is 2. The molecule has 1 atom stereocenters. The molecule has 1 aromatic rings. The van der Waals surface area contributed by atoms with E-state index in [1.54, 1.807) is 12.3 Å². The molecule has 4 heteroatoms. The van der Waals surface area contributed by atoms with E-state index in [1.807, 2.05) is 6.92 Å². The van der Waals surface area contributed by atoms with E-state index in [0.29, 0.717) is 11.7 Å². The van der Waals surface area contributed by atoms with Gasteiger partial charge in [-0.1, -0.05) is 11.6 Å². The Morgan fingerprint density at radius 2 is 2.33 bits per heavy atom. The second-order valence-corrected chi connectivity index (χ2v) is 3.09. The smallest absolute Gasteiger partial charge is 0.129 e. The van der Waals surface area contributed by atoms with Crippen LogP contribution >= 0.6 is 11.6 Å². The van der Waals surface area contributed by atoms with Crippen molar-refractivity contribution < 1.29 is 0 Å². The van der Waals surface area contributed by atoms with E-state index in [1.165, 1.54) is 0 Å². The lowest BCUT2D eigenvalue weighted by Gasteiger charge is -2.11. The van der Waals surface area contributed by atoms with Crippen molar-refractivity contribution >= 4 is 11.6 Å². The predicted molar refractivity (Wildman–Crippen MR) is 50.0 cm³/mol. The van der Waals surface area contributed by atoms with Crippen LogP contribution in [-0.4, -0.2) is 11.5 Å². The van der Waals surface area contributed by atoms with E-state index >= 15 is 0 Å². The molecule has 0 unspecified atom stereocenters. The highest BCUT2D eigenvalue weighted by molar-refractivity contribution is 6.29. The second-order valence-electron chi connectivity index (χ2n) is 2.71. The normalized spacial score (nSPS) is 13.0. The van der Waals surface area contributed by atoms with Gasteiger partial charge in [0.1, 0.15) is 5.15 Å². The summed E-state index contributed by atoms with van der Waals surface area (Å²) in [6.07, 6.45) is 1.68. The summed E-state index contributed by atoms with van der Waals surface area (Å²) in [5.41, 5.74) is 13.2. The average Bonchev–Trinajstić information content (AvgIpc) is 2.03. The molecule has 1 aromatic heterocycles. The van der Waals surface area contributed by atoms with Crippen LogP contribution in [0.5, 0.6) is 0 Å². The summed E-state index contributed by atoms with van der Waals surface area (Å²) in [6.45, 7) is 2.36. The summed E-state index contributed by atoms with van der Waals surface area (Å²) in [4.78, 5) is 3.94. The molecule has 3 nitrogen and oxygen atoms in total. The van der Waals surface area contributed by atoms with Crippen molar-refractivity contribution in [1.82, 2.24) is 4.98 Å². The Morgan fingerprint density at radius 1 is 1.67 bits per heavy atom. The van der Waals surface area contributed by atoms with Gasteiger partial charge in [-0.15, -0.1) is 0 Å². The Balaban J connectivity index is 3.01. The standard InChI is InChI=1S/C8H12ClN3/c1-5-2-8(9)12-4-6(5)7(11)3-10/h2,4,7H,3,10-11H2,1H3/t7-/m1/s1. The molecular formula is C8H12ClN3. The van der Waals surface area contributed by atoms with E-state index in [4.69, 9.17) is 23.1 Å². The topological polar surface area (TPSA) is 64.9 Å². The van der Waals surface area contributed by atoms with Crippen LogP contribution in [0.1, 0.15) is 17.2 Å². The van der Waals surface area contributed by atoms with Gasteiger partial charge in [0.25, 0.3) is 0 Å². The molecule has 0 saturated carbocycles. The molecular weight excluding hydrogens is 174 g/mol. The molecule has 4 N–H and O–H groups in total. The maximum Gasteiger partial charge on any atom is 0.129 e. The lowest BCUT2D eigenvalue weighted by Crippen LogP contribution is -2.21. The van der Waals surface area contributed by atoms with Crippen LogP contribution in [-0.2, 0) is 0 Å². The molecule has 0 radical (unpaired) electrons. The number of rotatable bonds is 2. The van der Waals surface area contributed by atoms with Gasteiger partial charge < -0.3 is 11.5 Å². The molecule has 0 fully saturated rings. The number of aromatic nitrogens is 1. The number of aryl methyl sites for hydroxylation is 1. The van der Waals surface area contributed by atoms with Crippen LogP contribution in [0.4, 0.5) is 0 Å². The van der Waals surface area contributed by atoms with Crippen molar-refractivity contribution in [1.29, 1.82) is 0 Å². The SMILES string of the molecule is Cc1cc(Cl)ncc1[C@H](N)CN. The number of halogens is 1. The fraction of sp³-hybridized carbons (Fsp3) is 0.375. The molecule has 12 heavy (non-hydrogen) atoms. The highest BCUT2D eigenvalue weighted by Gasteiger charge is 2.07. The first-order valence-electron chi connectivity index (χ1n) is 3.73. The third-order valence-electron chi connectivity index (χ3n) is 1.77. The molecule has 0 aliphatic carbocycles. The molecule has 66 valence electrons. The van der Waals surface area contributed by atoms with Crippen molar-refractivity contribution in [2.75, 3.05) is 6.54 Å². The van der Waals surface area contributed by atoms with Crippen molar-refractivity contribution in [2.45, 2.75) is 13.0 Å². The van der Waals surface area contributed by atoms with Gasteiger partial charge in [-0.2, -0.15) is 0 Å². The Kier molecular flexibility index (Phi) is 3.03. The van der Waals surface area contributed by atoms with Gasteiger partial charge in [0.05, 0.1) is 0 Å². The van der Waals surface area contributed by atoms with Gasteiger partial charge in [-0.05, 0) is 24.1 Å². The Morgan fingerprint density at radius 3 is 2.83 bits per heavy atom. The zero-order chi connectivity index (χ0) is 9.14. The van der Waals surface area contributed by atoms with Crippen molar-refractivity contribution in [3.63, 3.8) is 0 Å². The number of hydrogen-bond acceptors (Lipinski definition) is 3. The predicted octanol–water partition coefficient (Wildman–Crippen LogP) is 1.00. The van der Waals surface area contributed by atoms with Gasteiger partial charge in [0.2, 0.25) is 0 Å². The summed E-state index contributed by atoms with van der Waals surface area (Å²) >= 11 is 5.68. The van der Waals surface area contributed by atoms with E-state index < -0.39 is 0 Å². The second kappa shape index (κ2) is 3.85. The summed E-state index contributed by atoms with van der Waals surface area (Å²) in [5.74, 6) is 0. The zero-order valence-electron chi connectivity index (χ0n) is 6.92. The van der Waals surface area contributed by atoms with E-state index in [-0.39, 0.29) is 6.04 Å². The molecule has 1 rings (SSSR count). The Bertz CT molecular complexity index is 275. The highest BCUT2D eigenvalue weighted by atomic mass is 35.5. The average molecular weight is 186 g/mol. The van der Waals surface area contributed by atoms with Gasteiger partial charge in [-0.3, -0.25) is 0 Å². The number of pyridine rings is 1. The van der Waals surface area contributed by atoms with Crippen LogP contribution in [0, 0.1) is 6.92 Å². The molecule has 1 heterocycles. The Labute approximate surface area is 76.7 Å². The Hall–Kier alpha value is -0.640. The van der Waals surface area contributed by atoms with Crippen molar-refractivity contribution in [2.24, 2.45) is 11.5 Å². The summed E-state index contributed by atoms with van der Waals surface area (Å²) in [7, 11) is 0. The largest absolute Gasteiger partial charge is 0.329 e. The lowest BCUT2D eigenvalue weighted by molar-refractivity contribution is 0.727. The fourth-order valence-electron chi connectivity index (χ4n) is 1.05. The zero-order valence-corrected chi connectivity index (χ0v) is 7.67. The molecule has 0 bridgehead atoms. The van der Waals surface area contributed by atoms with Gasteiger partial charge in [-0.25, -0.2) is 4.98 Å². The maximum atomic E-state index is 5.74. The summed E-state index contributed by atoms with van der Waals surface area (Å²) in [5, 5.41) is 0.487. The van der Waals surface area contributed by atoms with Crippen LogP contribution in [0.2, 0.25) is 5.15 Å². The molecule has 0 aromatic carbocycles. The number of hydrogen-bond donors (Lipinski definition) is 2. The monoisotopic (exact) mass is 185 g/mol. The molecule has 0 aliphatic heterocycles. The van der Waals surface area contributed by atoms with Crippen molar-refractivity contribution in [3.8, 4) is 0 Å². The van der Waals surface area contributed by atoms with E-state index in [9.17, 15) is 0 Å². The first-order chi connectivity index (χ1) is 5.65. The van der Waals surface area contributed by atoms with Gasteiger partial charge >= 0.3 is 0 Å². The van der Waals surface area contributed by atoms with Crippen molar-refractivity contribution in [3.05, 3.63) is 28.5 Å². The lowest BCUT2D eigenvalue weighted by atomic mass is 10.1. The van der Waals surface area contributed by atoms with Gasteiger partial charge in [0.15, 0.2) is 0 Å². The third kappa shape index (κ3) is 1.94. The van der Waals surface area contributed by atoms with Crippen LogP contribution < -0.4 is 11.5 Å². The first-order valence-corrected chi connectivity index (χ1v) is 4.10. The molecule has 0 aliphatic rings. The van der Waals surface area contributed by atoms with Crippen LogP contribution in [0.3, 0.4) is 0 Å². The number of nitrogens with zero attached hydrogens (tertiary/aromatic N) is 1. The quantitative estimate of drug-likeness (QED) is 0.676. The van der Waals surface area contributed by atoms with Crippen LogP contribution in [0.25, 0.3) is 0 Å². The minimum Gasteiger partial charge on any atom is -0.329 e. The fourth-order valence-corrected chi connectivity index (χ4v) is 1.26. The first kappa shape index (κ1) is 9.45. The van der Waals surface area contributed by atoms with E-state index in [2.05, 4.69) is 4.98 Å². The summed E-state index contributed by atoms with van der Waals surface area (Å²) in [6, 6.07) is 1.64. The molecule has 0 spiro atoms. The minimum absolute atomic E-state index is 0.144. The minimum atomic E-state index is -0.144. The summed E-state index contributed by atoms with van der Waals surface area (Å²) < 4.78 is 0. The van der Waals surface area contributed by atoms with E-state index in [0.717, 1.165) is 11.1 Å². The highest BCUT2D eigenvalue weighted by Crippen LogP contribution is 2.16. The third-order valence-corrected chi connectivity index (χ3v) is 1.98.